The molecule has 136 valence electrons. The van der Waals surface area contributed by atoms with E-state index >= 15 is 0 Å². The molecule has 5 nitrogen and oxygen atoms in total. The van der Waals surface area contributed by atoms with Crippen LogP contribution in [-0.4, -0.2) is 24.4 Å². The highest BCUT2D eigenvalue weighted by Crippen LogP contribution is 2.20. The van der Waals surface area contributed by atoms with Crippen LogP contribution in [0.25, 0.3) is 0 Å². The molecule has 0 spiro atoms. The number of amides is 2. The molecule has 2 aromatic rings. The summed E-state index contributed by atoms with van der Waals surface area (Å²) in [5.41, 5.74) is 3.07. The fourth-order valence-corrected chi connectivity index (χ4v) is 3.26. The number of anilines is 2. The van der Waals surface area contributed by atoms with Gasteiger partial charge >= 0.3 is 0 Å². The largest absolute Gasteiger partial charge is 0.376 e. The molecular formula is C21H25N3O2. The zero-order valence-electron chi connectivity index (χ0n) is 15.0. The lowest BCUT2D eigenvalue weighted by Crippen LogP contribution is -2.33. The second-order valence-electron chi connectivity index (χ2n) is 6.77. The summed E-state index contributed by atoms with van der Waals surface area (Å²) in [5.74, 6) is -0.313. The first-order chi connectivity index (χ1) is 12.6. The highest BCUT2D eigenvalue weighted by molar-refractivity contribution is 6.04. The molecule has 1 aliphatic rings. The third-order valence-electron chi connectivity index (χ3n) is 4.61. The van der Waals surface area contributed by atoms with E-state index in [1.165, 1.54) is 0 Å². The van der Waals surface area contributed by atoms with Gasteiger partial charge in [-0.25, -0.2) is 0 Å². The van der Waals surface area contributed by atoms with Gasteiger partial charge in [-0.2, -0.15) is 0 Å². The number of carbonyl (C=O) groups is 2. The molecule has 5 heteroatoms. The van der Waals surface area contributed by atoms with Crippen LogP contribution in [0.1, 0.15) is 41.6 Å². The van der Waals surface area contributed by atoms with Crippen LogP contribution >= 0.6 is 0 Å². The topological polar surface area (TPSA) is 70.2 Å². The molecule has 0 bridgehead atoms. The van der Waals surface area contributed by atoms with Gasteiger partial charge in [0.25, 0.3) is 5.91 Å². The summed E-state index contributed by atoms with van der Waals surface area (Å²) in [6.07, 6.45) is 4.38. The molecule has 1 aliphatic carbocycles. The first-order valence-electron chi connectivity index (χ1n) is 9.12. The molecule has 3 rings (SSSR count). The predicted molar refractivity (Wildman–Crippen MR) is 104 cm³/mol. The molecule has 2 amide bonds. The van der Waals surface area contributed by atoms with Gasteiger partial charge in [0.05, 0.1) is 17.8 Å². The Balaban J connectivity index is 1.60. The summed E-state index contributed by atoms with van der Waals surface area (Å²) in [5, 5.41) is 9.01. The minimum Gasteiger partial charge on any atom is -0.376 e. The lowest BCUT2D eigenvalue weighted by atomic mass is 10.1. The van der Waals surface area contributed by atoms with E-state index in [1.54, 1.807) is 12.1 Å². The SMILES string of the molecule is Cc1cccc(NCC(=O)Nc2ccccc2C(=O)NC2CCCC2)c1. The fraction of sp³-hybridized carbons (Fsp3) is 0.333. The normalized spacial score (nSPS) is 14.0. The Morgan fingerprint density at radius 1 is 1.04 bits per heavy atom. The van der Waals surface area contributed by atoms with E-state index in [2.05, 4.69) is 16.0 Å². The molecule has 3 N–H and O–H groups in total. The number of carbonyl (C=O) groups excluding carboxylic acids is 2. The summed E-state index contributed by atoms with van der Waals surface area (Å²) in [4.78, 5) is 24.8. The van der Waals surface area contributed by atoms with Crippen molar-refractivity contribution in [3.05, 3.63) is 59.7 Å². The van der Waals surface area contributed by atoms with Gasteiger partial charge in [0.1, 0.15) is 0 Å². The number of aryl methyl sites for hydroxylation is 1. The highest BCUT2D eigenvalue weighted by atomic mass is 16.2. The van der Waals surface area contributed by atoms with Crippen LogP contribution in [0.15, 0.2) is 48.5 Å². The van der Waals surface area contributed by atoms with Crippen molar-refractivity contribution in [2.24, 2.45) is 0 Å². The Kier molecular flexibility index (Phi) is 5.89. The molecule has 0 heterocycles. The van der Waals surface area contributed by atoms with E-state index < -0.39 is 0 Å². The maximum atomic E-state index is 12.5. The highest BCUT2D eigenvalue weighted by Gasteiger charge is 2.20. The molecule has 1 fully saturated rings. The predicted octanol–water partition coefficient (Wildman–Crippen LogP) is 3.72. The van der Waals surface area contributed by atoms with Crippen LogP contribution in [-0.2, 0) is 4.79 Å². The van der Waals surface area contributed by atoms with Crippen molar-refractivity contribution < 1.29 is 9.59 Å². The molecule has 1 saturated carbocycles. The fourth-order valence-electron chi connectivity index (χ4n) is 3.26. The number of hydrogen-bond donors (Lipinski definition) is 3. The van der Waals surface area contributed by atoms with E-state index in [0.717, 1.165) is 36.9 Å². The van der Waals surface area contributed by atoms with Gasteiger partial charge < -0.3 is 16.0 Å². The van der Waals surface area contributed by atoms with Crippen molar-refractivity contribution in [1.29, 1.82) is 0 Å². The van der Waals surface area contributed by atoms with Crippen molar-refractivity contribution in [3.63, 3.8) is 0 Å². The second-order valence-corrected chi connectivity index (χ2v) is 6.77. The Morgan fingerprint density at radius 2 is 1.81 bits per heavy atom. The summed E-state index contributed by atoms with van der Waals surface area (Å²) >= 11 is 0. The van der Waals surface area contributed by atoms with Gasteiger partial charge in [0, 0.05) is 11.7 Å². The zero-order valence-corrected chi connectivity index (χ0v) is 15.0. The van der Waals surface area contributed by atoms with Crippen molar-refractivity contribution >= 4 is 23.2 Å². The third kappa shape index (κ3) is 4.85. The van der Waals surface area contributed by atoms with Gasteiger partial charge in [-0.05, 0) is 49.6 Å². The van der Waals surface area contributed by atoms with Gasteiger partial charge in [-0.15, -0.1) is 0 Å². The summed E-state index contributed by atoms with van der Waals surface area (Å²) < 4.78 is 0. The molecule has 0 unspecified atom stereocenters. The molecule has 0 aromatic heterocycles. The van der Waals surface area contributed by atoms with Crippen LogP contribution in [0.3, 0.4) is 0 Å². The molecule has 0 aliphatic heterocycles. The van der Waals surface area contributed by atoms with Gasteiger partial charge in [0.2, 0.25) is 5.91 Å². The van der Waals surface area contributed by atoms with E-state index in [-0.39, 0.29) is 24.4 Å². The smallest absolute Gasteiger partial charge is 0.253 e. The summed E-state index contributed by atoms with van der Waals surface area (Å²) in [6, 6.07) is 15.2. The first kappa shape index (κ1) is 18.0. The molecular weight excluding hydrogens is 326 g/mol. The maximum absolute atomic E-state index is 12.5. The van der Waals surface area contributed by atoms with Crippen molar-refractivity contribution in [2.75, 3.05) is 17.2 Å². The summed E-state index contributed by atoms with van der Waals surface area (Å²) in [6.45, 7) is 2.15. The van der Waals surface area contributed by atoms with Crippen LogP contribution < -0.4 is 16.0 Å². The molecule has 0 saturated heterocycles. The van der Waals surface area contributed by atoms with Crippen LogP contribution in [0.5, 0.6) is 0 Å². The second kappa shape index (κ2) is 8.52. The van der Waals surface area contributed by atoms with E-state index in [4.69, 9.17) is 0 Å². The lowest BCUT2D eigenvalue weighted by molar-refractivity contribution is -0.114. The minimum absolute atomic E-state index is 0.126. The summed E-state index contributed by atoms with van der Waals surface area (Å²) in [7, 11) is 0. The van der Waals surface area contributed by atoms with Crippen LogP contribution in [0, 0.1) is 6.92 Å². The van der Waals surface area contributed by atoms with Crippen molar-refractivity contribution in [3.8, 4) is 0 Å². The quantitative estimate of drug-likeness (QED) is 0.743. The van der Waals surface area contributed by atoms with Crippen LogP contribution in [0.2, 0.25) is 0 Å². The van der Waals surface area contributed by atoms with E-state index in [9.17, 15) is 9.59 Å². The standard InChI is InChI=1S/C21H25N3O2/c1-15-7-6-10-17(13-15)22-14-20(25)24-19-12-5-4-11-18(19)21(26)23-16-8-2-3-9-16/h4-7,10-13,16,22H,2-3,8-9,14H2,1H3,(H,23,26)(H,24,25). The van der Waals surface area contributed by atoms with Crippen LogP contribution in [0.4, 0.5) is 11.4 Å². The van der Waals surface area contributed by atoms with Gasteiger partial charge in [-0.1, -0.05) is 37.1 Å². The number of para-hydroxylation sites is 1. The lowest BCUT2D eigenvalue weighted by Gasteiger charge is -2.15. The number of benzene rings is 2. The molecule has 26 heavy (non-hydrogen) atoms. The zero-order chi connectivity index (χ0) is 18.4. The maximum Gasteiger partial charge on any atom is 0.253 e. The average molecular weight is 351 g/mol. The first-order valence-corrected chi connectivity index (χ1v) is 9.12. The Labute approximate surface area is 154 Å². The molecule has 0 radical (unpaired) electrons. The number of rotatable bonds is 6. The van der Waals surface area contributed by atoms with E-state index in [0.29, 0.717) is 11.3 Å². The Hall–Kier alpha value is -2.82. The third-order valence-corrected chi connectivity index (χ3v) is 4.61. The van der Waals surface area contributed by atoms with Gasteiger partial charge in [-0.3, -0.25) is 9.59 Å². The molecule has 0 atom stereocenters. The average Bonchev–Trinajstić information content (AvgIpc) is 3.13. The minimum atomic E-state index is -0.187. The van der Waals surface area contributed by atoms with Crippen molar-refractivity contribution in [2.45, 2.75) is 38.6 Å². The Morgan fingerprint density at radius 3 is 2.58 bits per heavy atom. The monoisotopic (exact) mass is 351 g/mol. The number of hydrogen-bond acceptors (Lipinski definition) is 3. The van der Waals surface area contributed by atoms with E-state index in [1.807, 2.05) is 43.3 Å². The Bertz CT molecular complexity index is 782. The van der Waals surface area contributed by atoms with Gasteiger partial charge in [0.15, 0.2) is 0 Å². The number of nitrogens with one attached hydrogen (secondary N) is 3. The molecule has 2 aromatic carbocycles. The van der Waals surface area contributed by atoms with Crippen molar-refractivity contribution in [1.82, 2.24) is 5.32 Å².